The van der Waals surface area contributed by atoms with E-state index < -0.39 is 5.91 Å². The standard InChI is InChI=1S/C16H15F2NO/c1-10-8-13(18)6-7-14(10)15(9-16(19)20)11-2-4-12(17)5-3-11/h2-8,15H,9H2,1H3,(H2,19,20). The third-order valence-corrected chi connectivity index (χ3v) is 3.28. The van der Waals surface area contributed by atoms with Crippen molar-refractivity contribution < 1.29 is 13.6 Å². The molecular weight excluding hydrogens is 260 g/mol. The SMILES string of the molecule is Cc1cc(F)ccc1C(CC(N)=O)c1ccc(F)cc1. The van der Waals surface area contributed by atoms with Gasteiger partial charge in [-0.1, -0.05) is 18.2 Å². The molecule has 0 aliphatic carbocycles. The molecule has 0 fully saturated rings. The first-order chi connectivity index (χ1) is 9.47. The number of amides is 1. The van der Waals surface area contributed by atoms with E-state index in [0.717, 1.165) is 16.7 Å². The first-order valence-electron chi connectivity index (χ1n) is 6.27. The lowest BCUT2D eigenvalue weighted by Gasteiger charge is -2.19. The molecule has 2 aromatic carbocycles. The predicted octanol–water partition coefficient (Wildman–Crippen LogP) is 3.28. The molecule has 4 heteroatoms. The second-order valence-electron chi connectivity index (χ2n) is 4.78. The summed E-state index contributed by atoms with van der Waals surface area (Å²) in [6.45, 7) is 1.77. The molecule has 0 saturated carbocycles. The van der Waals surface area contributed by atoms with Gasteiger partial charge < -0.3 is 5.73 Å². The molecule has 0 bridgehead atoms. The minimum Gasteiger partial charge on any atom is -0.370 e. The smallest absolute Gasteiger partial charge is 0.218 e. The number of benzene rings is 2. The van der Waals surface area contributed by atoms with Crippen molar-refractivity contribution in [2.45, 2.75) is 19.3 Å². The van der Waals surface area contributed by atoms with Crippen molar-refractivity contribution in [3.05, 3.63) is 70.8 Å². The second-order valence-corrected chi connectivity index (χ2v) is 4.78. The van der Waals surface area contributed by atoms with Crippen molar-refractivity contribution >= 4 is 5.91 Å². The average Bonchev–Trinajstić information content (AvgIpc) is 2.37. The van der Waals surface area contributed by atoms with Crippen molar-refractivity contribution in [3.63, 3.8) is 0 Å². The van der Waals surface area contributed by atoms with Crippen LogP contribution in [0.3, 0.4) is 0 Å². The summed E-state index contributed by atoms with van der Waals surface area (Å²) < 4.78 is 26.2. The third kappa shape index (κ3) is 3.20. The van der Waals surface area contributed by atoms with Crippen LogP contribution in [0.1, 0.15) is 29.0 Å². The summed E-state index contributed by atoms with van der Waals surface area (Å²) >= 11 is 0. The topological polar surface area (TPSA) is 43.1 Å². The molecule has 1 amide bonds. The first-order valence-corrected chi connectivity index (χ1v) is 6.27. The molecule has 2 rings (SSSR count). The zero-order valence-electron chi connectivity index (χ0n) is 11.1. The Balaban J connectivity index is 2.46. The van der Waals surface area contributed by atoms with Crippen LogP contribution in [0.25, 0.3) is 0 Å². The van der Waals surface area contributed by atoms with Crippen molar-refractivity contribution in [3.8, 4) is 0 Å². The molecule has 0 spiro atoms. The van der Waals surface area contributed by atoms with Crippen LogP contribution in [0.5, 0.6) is 0 Å². The number of carbonyl (C=O) groups is 1. The molecule has 104 valence electrons. The van der Waals surface area contributed by atoms with E-state index in [2.05, 4.69) is 0 Å². The van der Waals surface area contributed by atoms with Gasteiger partial charge in [0.25, 0.3) is 0 Å². The van der Waals surface area contributed by atoms with Gasteiger partial charge in [0.15, 0.2) is 0 Å². The quantitative estimate of drug-likeness (QED) is 0.914. The van der Waals surface area contributed by atoms with Gasteiger partial charge in [0.2, 0.25) is 5.91 Å². The summed E-state index contributed by atoms with van der Waals surface area (Å²) in [5.74, 6) is -1.43. The number of nitrogens with two attached hydrogens (primary N) is 1. The van der Waals surface area contributed by atoms with Crippen LogP contribution in [0, 0.1) is 18.6 Å². The summed E-state index contributed by atoms with van der Waals surface area (Å²) in [5, 5.41) is 0. The number of aryl methyl sites for hydroxylation is 1. The minimum absolute atomic E-state index is 0.0953. The van der Waals surface area contributed by atoms with Gasteiger partial charge in [-0.3, -0.25) is 4.79 Å². The lowest BCUT2D eigenvalue weighted by Crippen LogP contribution is -2.17. The molecule has 20 heavy (non-hydrogen) atoms. The zero-order valence-corrected chi connectivity index (χ0v) is 11.1. The van der Waals surface area contributed by atoms with Crippen LogP contribution in [-0.2, 0) is 4.79 Å². The summed E-state index contributed by atoms with van der Waals surface area (Å²) in [5.41, 5.74) is 7.62. The lowest BCUT2D eigenvalue weighted by molar-refractivity contribution is -0.118. The Morgan fingerprint density at radius 3 is 2.25 bits per heavy atom. The molecule has 0 radical (unpaired) electrons. The number of carbonyl (C=O) groups excluding carboxylic acids is 1. The van der Waals surface area contributed by atoms with E-state index in [9.17, 15) is 13.6 Å². The Kier molecular flexibility index (Phi) is 4.13. The van der Waals surface area contributed by atoms with E-state index in [-0.39, 0.29) is 24.0 Å². The van der Waals surface area contributed by atoms with Crippen LogP contribution in [0.15, 0.2) is 42.5 Å². The maximum absolute atomic E-state index is 13.2. The predicted molar refractivity (Wildman–Crippen MR) is 73.2 cm³/mol. The Hall–Kier alpha value is -2.23. The van der Waals surface area contributed by atoms with Gasteiger partial charge in [0, 0.05) is 12.3 Å². The highest BCUT2D eigenvalue weighted by Crippen LogP contribution is 2.30. The van der Waals surface area contributed by atoms with E-state index >= 15 is 0 Å². The molecule has 0 aromatic heterocycles. The number of halogens is 2. The van der Waals surface area contributed by atoms with E-state index in [1.54, 1.807) is 25.1 Å². The van der Waals surface area contributed by atoms with E-state index in [0.29, 0.717) is 0 Å². The number of rotatable bonds is 4. The summed E-state index contributed by atoms with van der Waals surface area (Å²) in [7, 11) is 0. The van der Waals surface area contributed by atoms with E-state index in [1.807, 2.05) is 0 Å². The molecule has 0 aliphatic heterocycles. The summed E-state index contributed by atoms with van der Waals surface area (Å²) in [4.78, 5) is 11.3. The third-order valence-electron chi connectivity index (χ3n) is 3.28. The Morgan fingerprint density at radius 1 is 1.10 bits per heavy atom. The lowest BCUT2D eigenvalue weighted by atomic mass is 9.86. The van der Waals surface area contributed by atoms with Crippen LogP contribution >= 0.6 is 0 Å². The molecule has 0 heterocycles. The fourth-order valence-corrected chi connectivity index (χ4v) is 2.33. The number of primary amides is 1. The Bertz CT molecular complexity index is 623. The Labute approximate surface area is 116 Å². The van der Waals surface area contributed by atoms with Gasteiger partial charge in [0.05, 0.1) is 0 Å². The molecular formula is C16H15F2NO. The van der Waals surface area contributed by atoms with Gasteiger partial charge >= 0.3 is 0 Å². The molecule has 1 unspecified atom stereocenters. The van der Waals surface area contributed by atoms with Crippen molar-refractivity contribution in [1.29, 1.82) is 0 Å². The van der Waals surface area contributed by atoms with Crippen LogP contribution in [-0.4, -0.2) is 5.91 Å². The van der Waals surface area contributed by atoms with Crippen LogP contribution < -0.4 is 5.73 Å². The maximum Gasteiger partial charge on any atom is 0.218 e. The fraction of sp³-hybridized carbons (Fsp3) is 0.188. The normalized spacial score (nSPS) is 12.2. The van der Waals surface area contributed by atoms with Gasteiger partial charge in [-0.15, -0.1) is 0 Å². The highest BCUT2D eigenvalue weighted by Gasteiger charge is 2.19. The molecule has 0 saturated heterocycles. The van der Waals surface area contributed by atoms with E-state index in [1.165, 1.54) is 24.3 Å². The van der Waals surface area contributed by atoms with Crippen LogP contribution in [0.4, 0.5) is 8.78 Å². The minimum atomic E-state index is -0.456. The maximum atomic E-state index is 13.2. The Morgan fingerprint density at radius 2 is 1.70 bits per heavy atom. The number of hydrogen-bond acceptors (Lipinski definition) is 1. The monoisotopic (exact) mass is 275 g/mol. The highest BCUT2D eigenvalue weighted by molar-refractivity contribution is 5.75. The summed E-state index contributed by atoms with van der Waals surface area (Å²) in [6, 6.07) is 10.3. The molecule has 0 aliphatic rings. The molecule has 2 nitrogen and oxygen atoms in total. The fourth-order valence-electron chi connectivity index (χ4n) is 2.33. The first kappa shape index (κ1) is 14.2. The molecule has 2 N–H and O–H groups in total. The van der Waals surface area contributed by atoms with Crippen LogP contribution in [0.2, 0.25) is 0 Å². The zero-order chi connectivity index (χ0) is 14.7. The van der Waals surface area contributed by atoms with Crippen molar-refractivity contribution in [2.24, 2.45) is 5.73 Å². The summed E-state index contributed by atoms with van der Waals surface area (Å²) in [6.07, 6.45) is 0.0953. The molecule has 1 atom stereocenters. The molecule has 2 aromatic rings. The largest absolute Gasteiger partial charge is 0.370 e. The van der Waals surface area contributed by atoms with E-state index in [4.69, 9.17) is 5.73 Å². The van der Waals surface area contributed by atoms with Crippen molar-refractivity contribution in [1.82, 2.24) is 0 Å². The van der Waals surface area contributed by atoms with Gasteiger partial charge in [0.1, 0.15) is 11.6 Å². The second kappa shape index (κ2) is 5.82. The van der Waals surface area contributed by atoms with Gasteiger partial charge in [-0.05, 0) is 47.9 Å². The average molecular weight is 275 g/mol. The van der Waals surface area contributed by atoms with Gasteiger partial charge in [-0.25, -0.2) is 8.78 Å². The number of hydrogen-bond donors (Lipinski definition) is 1. The highest BCUT2D eigenvalue weighted by atomic mass is 19.1. The van der Waals surface area contributed by atoms with Crippen molar-refractivity contribution in [2.75, 3.05) is 0 Å². The van der Waals surface area contributed by atoms with Gasteiger partial charge in [-0.2, -0.15) is 0 Å².